The number of likely N-dealkylation sites (N-methyl/N-ethyl adjacent to an activating group) is 1. The molecule has 0 unspecified atom stereocenters. The van der Waals surface area contributed by atoms with E-state index in [1.54, 1.807) is 17.0 Å². The second-order valence-electron chi connectivity index (χ2n) is 3.32. The molecule has 76 valence electrons. The van der Waals surface area contributed by atoms with Gasteiger partial charge in [-0.3, -0.25) is 4.79 Å². The molecule has 15 heavy (non-hydrogen) atoms. The first kappa shape index (κ1) is 9.55. The molecule has 1 aliphatic rings. The number of azide groups is 1. The first-order chi connectivity index (χ1) is 7.26. The maximum atomic E-state index is 11.6. The van der Waals surface area contributed by atoms with Gasteiger partial charge in [0.2, 0.25) is 5.91 Å². The van der Waals surface area contributed by atoms with Crippen molar-refractivity contribution in [2.24, 2.45) is 5.11 Å². The minimum Gasteiger partial charge on any atom is -0.312 e. The first-order valence-corrected chi connectivity index (χ1v) is 4.74. The Hall–Kier alpha value is -2.00. The van der Waals surface area contributed by atoms with Gasteiger partial charge >= 0.3 is 0 Å². The average molecular weight is 202 g/mol. The average Bonchev–Trinajstić information content (AvgIpc) is 2.53. The van der Waals surface area contributed by atoms with Gasteiger partial charge in [-0.25, -0.2) is 0 Å². The number of fused-ring (bicyclic) bond motifs is 1. The molecule has 1 heterocycles. The summed E-state index contributed by atoms with van der Waals surface area (Å²) in [5.74, 6) is 0.102. The fourth-order valence-electron chi connectivity index (χ4n) is 1.83. The molecule has 0 aliphatic carbocycles. The molecule has 1 aliphatic heterocycles. The first-order valence-electron chi connectivity index (χ1n) is 4.74. The molecule has 0 spiro atoms. The van der Waals surface area contributed by atoms with Gasteiger partial charge in [-0.15, -0.1) is 0 Å². The molecule has 1 aromatic rings. The Morgan fingerprint density at radius 2 is 2.40 bits per heavy atom. The maximum Gasteiger partial charge on any atom is 0.231 e. The number of benzene rings is 1. The number of hydrogen-bond acceptors (Lipinski definition) is 2. The Kier molecular flexibility index (Phi) is 2.31. The van der Waals surface area contributed by atoms with E-state index in [2.05, 4.69) is 10.0 Å². The van der Waals surface area contributed by atoms with Crippen LogP contribution < -0.4 is 4.90 Å². The number of carbonyl (C=O) groups is 1. The van der Waals surface area contributed by atoms with Crippen LogP contribution in [0.5, 0.6) is 0 Å². The summed E-state index contributed by atoms with van der Waals surface area (Å²) >= 11 is 0. The van der Waals surface area contributed by atoms with Gasteiger partial charge in [0.05, 0.1) is 6.42 Å². The SMILES string of the molecule is CCN1C(=O)Cc2cc(N=[N+]=[N-])ccc21. The predicted octanol–water partition coefficient (Wildman–Crippen LogP) is 2.54. The minimum absolute atomic E-state index is 0.102. The molecule has 0 radical (unpaired) electrons. The van der Waals surface area contributed by atoms with Crippen LogP contribution in [0.2, 0.25) is 0 Å². The number of hydrogen-bond donors (Lipinski definition) is 0. The molecule has 0 fully saturated rings. The summed E-state index contributed by atoms with van der Waals surface area (Å²) in [7, 11) is 0. The summed E-state index contributed by atoms with van der Waals surface area (Å²) in [6, 6.07) is 5.32. The van der Waals surface area contributed by atoms with E-state index in [9.17, 15) is 4.79 Å². The van der Waals surface area contributed by atoms with Crippen molar-refractivity contribution in [1.29, 1.82) is 0 Å². The lowest BCUT2D eigenvalue weighted by Gasteiger charge is -2.14. The van der Waals surface area contributed by atoms with Crippen molar-refractivity contribution in [1.82, 2.24) is 0 Å². The Bertz CT molecular complexity index is 462. The molecule has 0 bridgehead atoms. The molecule has 0 aromatic heterocycles. The second kappa shape index (κ2) is 3.63. The van der Waals surface area contributed by atoms with Crippen LogP contribution in [0.4, 0.5) is 11.4 Å². The van der Waals surface area contributed by atoms with Crippen LogP contribution in [-0.2, 0) is 11.2 Å². The zero-order chi connectivity index (χ0) is 10.8. The van der Waals surface area contributed by atoms with E-state index in [-0.39, 0.29) is 5.91 Å². The van der Waals surface area contributed by atoms with E-state index in [0.717, 1.165) is 11.3 Å². The highest BCUT2D eigenvalue weighted by atomic mass is 16.2. The Morgan fingerprint density at radius 3 is 3.07 bits per heavy atom. The Balaban J connectivity index is 2.45. The minimum atomic E-state index is 0.102. The van der Waals surface area contributed by atoms with Gasteiger partial charge in [-0.2, -0.15) is 0 Å². The summed E-state index contributed by atoms with van der Waals surface area (Å²) in [6.07, 6.45) is 0.401. The van der Waals surface area contributed by atoms with Gasteiger partial charge in [0, 0.05) is 22.8 Å². The molecule has 5 nitrogen and oxygen atoms in total. The summed E-state index contributed by atoms with van der Waals surface area (Å²) in [5.41, 5.74) is 10.7. The molecule has 0 saturated heterocycles. The summed E-state index contributed by atoms with van der Waals surface area (Å²) in [6.45, 7) is 2.61. The van der Waals surface area contributed by atoms with Crippen molar-refractivity contribution >= 4 is 17.3 Å². The predicted molar refractivity (Wildman–Crippen MR) is 57.0 cm³/mol. The van der Waals surface area contributed by atoms with E-state index >= 15 is 0 Å². The fourth-order valence-corrected chi connectivity index (χ4v) is 1.83. The second-order valence-corrected chi connectivity index (χ2v) is 3.32. The number of carbonyl (C=O) groups excluding carboxylic acids is 1. The number of rotatable bonds is 2. The quantitative estimate of drug-likeness (QED) is 0.412. The van der Waals surface area contributed by atoms with E-state index < -0.39 is 0 Å². The summed E-state index contributed by atoms with van der Waals surface area (Å²) < 4.78 is 0. The van der Waals surface area contributed by atoms with E-state index in [4.69, 9.17) is 5.53 Å². The van der Waals surface area contributed by atoms with Crippen LogP contribution in [0.3, 0.4) is 0 Å². The number of nitrogens with zero attached hydrogens (tertiary/aromatic N) is 4. The van der Waals surface area contributed by atoms with Crippen LogP contribution in [-0.4, -0.2) is 12.5 Å². The van der Waals surface area contributed by atoms with Crippen LogP contribution in [0.15, 0.2) is 23.3 Å². The van der Waals surface area contributed by atoms with Gasteiger partial charge in [0.25, 0.3) is 0 Å². The lowest BCUT2D eigenvalue weighted by molar-refractivity contribution is -0.117. The highest BCUT2D eigenvalue weighted by molar-refractivity contribution is 6.01. The van der Waals surface area contributed by atoms with Crippen molar-refractivity contribution in [2.75, 3.05) is 11.4 Å². The standard InChI is InChI=1S/C10H10N4O/c1-2-14-9-4-3-8(12-13-11)5-7(9)6-10(14)15/h3-5H,2,6H2,1H3. The third-order valence-corrected chi connectivity index (χ3v) is 2.47. The van der Waals surface area contributed by atoms with Crippen molar-refractivity contribution in [3.63, 3.8) is 0 Å². The van der Waals surface area contributed by atoms with Crippen molar-refractivity contribution < 1.29 is 4.79 Å². The highest BCUT2D eigenvalue weighted by Gasteiger charge is 2.25. The number of amides is 1. The van der Waals surface area contributed by atoms with Crippen LogP contribution in [0.25, 0.3) is 10.4 Å². The normalized spacial score (nSPS) is 13.7. The van der Waals surface area contributed by atoms with Gasteiger partial charge in [-0.05, 0) is 30.2 Å². The molecular weight excluding hydrogens is 192 g/mol. The van der Waals surface area contributed by atoms with Crippen LogP contribution in [0.1, 0.15) is 12.5 Å². The van der Waals surface area contributed by atoms with Gasteiger partial charge in [0.15, 0.2) is 0 Å². The monoisotopic (exact) mass is 202 g/mol. The Morgan fingerprint density at radius 1 is 1.60 bits per heavy atom. The lowest BCUT2D eigenvalue weighted by atomic mass is 10.1. The van der Waals surface area contributed by atoms with E-state index in [1.807, 2.05) is 13.0 Å². The van der Waals surface area contributed by atoms with Crippen LogP contribution >= 0.6 is 0 Å². The van der Waals surface area contributed by atoms with Crippen molar-refractivity contribution in [3.05, 3.63) is 34.2 Å². The van der Waals surface area contributed by atoms with E-state index in [0.29, 0.717) is 18.7 Å². The molecule has 0 N–H and O–H groups in total. The smallest absolute Gasteiger partial charge is 0.231 e. The third kappa shape index (κ3) is 1.53. The topological polar surface area (TPSA) is 69.1 Å². The zero-order valence-corrected chi connectivity index (χ0v) is 8.34. The molecule has 0 atom stereocenters. The molecule has 1 aromatic carbocycles. The van der Waals surface area contributed by atoms with E-state index in [1.165, 1.54) is 0 Å². The molecule has 2 rings (SSSR count). The highest BCUT2D eigenvalue weighted by Crippen LogP contribution is 2.31. The fraction of sp³-hybridized carbons (Fsp3) is 0.300. The molecule has 1 amide bonds. The summed E-state index contributed by atoms with van der Waals surface area (Å²) in [4.78, 5) is 16.0. The molecule has 5 heteroatoms. The maximum absolute atomic E-state index is 11.6. The summed E-state index contributed by atoms with van der Waals surface area (Å²) in [5, 5.41) is 3.51. The molecule has 0 saturated carbocycles. The largest absolute Gasteiger partial charge is 0.312 e. The van der Waals surface area contributed by atoms with Gasteiger partial charge < -0.3 is 4.90 Å². The van der Waals surface area contributed by atoms with Crippen molar-refractivity contribution in [2.45, 2.75) is 13.3 Å². The third-order valence-electron chi connectivity index (χ3n) is 2.47. The van der Waals surface area contributed by atoms with Crippen molar-refractivity contribution in [3.8, 4) is 0 Å². The zero-order valence-electron chi connectivity index (χ0n) is 8.34. The lowest BCUT2D eigenvalue weighted by Crippen LogP contribution is -2.25. The van der Waals surface area contributed by atoms with Gasteiger partial charge in [0.1, 0.15) is 0 Å². The number of anilines is 1. The Labute approximate surface area is 86.9 Å². The van der Waals surface area contributed by atoms with Gasteiger partial charge in [-0.1, -0.05) is 11.2 Å². The van der Waals surface area contributed by atoms with Crippen LogP contribution in [0, 0.1) is 0 Å². The molecular formula is C10H10N4O.